The van der Waals surface area contributed by atoms with E-state index >= 15 is 0 Å². The summed E-state index contributed by atoms with van der Waals surface area (Å²) in [7, 11) is -1.60. The van der Waals surface area contributed by atoms with E-state index in [0.717, 1.165) is 44.0 Å². The molecule has 1 aromatic rings. The Bertz CT molecular complexity index is 472. The van der Waals surface area contributed by atoms with Crippen LogP contribution in [-0.4, -0.2) is 34.7 Å². The minimum atomic E-state index is -1.60. The Morgan fingerprint density at radius 3 is 2.08 bits per heavy atom. The Morgan fingerprint density at radius 1 is 0.917 bits per heavy atom. The van der Waals surface area contributed by atoms with Gasteiger partial charge in [0.05, 0.1) is 6.61 Å². The van der Waals surface area contributed by atoms with E-state index in [9.17, 15) is 0 Å². The van der Waals surface area contributed by atoms with Crippen LogP contribution in [0.4, 0.5) is 0 Å². The van der Waals surface area contributed by atoms with Gasteiger partial charge in [0.1, 0.15) is 18.1 Å². The predicted octanol–water partition coefficient (Wildman–Crippen LogP) is 4.60. The van der Waals surface area contributed by atoms with Crippen molar-refractivity contribution in [2.75, 3.05) is 26.4 Å². The van der Waals surface area contributed by atoms with Crippen LogP contribution in [0.3, 0.4) is 0 Å². The molecule has 0 heterocycles. The summed E-state index contributed by atoms with van der Waals surface area (Å²) in [6.45, 7) is 14.1. The molecule has 0 amide bonds. The molecule has 0 saturated heterocycles. The molecule has 5 heteroatoms. The van der Waals surface area contributed by atoms with Gasteiger partial charge in [0.2, 0.25) is 0 Å². The zero-order valence-electron chi connectivity index (χ0n) is 16.1. The van der Waals surface area contributed by atoms with E-state index in [0.29, 0.717) is 13.2 Å². The molecule has 0 bridgehead atoms. The van der Waals surface area contributed by atoms with Crippen LogP contribution in [0.25, 0.3) is 0 Å². The van der Waals surface area contributed by atoms with E-state index in [4.69, 9.17) is 19.6 Å². The fraction of sp³-hybridized carbons (Fsp3) is 0.684. The fourth-order valence-corrected chi connectivity index (χ4v) is 3.03. The van der Waals surface area contributed by atoms with Crippen LogP contribution >= 0.6 is 0 Å². The summed E-state index contributed by atoms with van der Waals surface area (Å²) < 4.78 is 17.5. The highest BCUT2D eigenvalue weighted by molar-refractivity contribution is 6.74. The smallest absolute Gasteiger partial charge is 0.191 e. The summed E-state index contributed by atoms with van der Waals surface area (Å²) in [6.07, 6.45) is 3.25. The lowest BCUT2D eigenvalue weighted by atomic mass is 10.2. The van der Waals surface area contributed by atoms with E-state index in [1.165, 1.54) is 0 Å². The molecule has 1 rings (SSSR count). The van der Waals surface area contributed by atoms with Gasteiger partial charge in [-0.1, -0.05) is 26.8 Å². The number of nitrogens with two attached hydrogens (primary N) is 1. The van der Waals surface area contributed by atoms with E-state index in [1.54, 1.807) is 0 Å². The molecule has 0 atom stereocenters. The first-order valence-electron chi connectivity index (χ1n) is 8.96. The van der Waals surface area contributed by atoms with Crippen LogP contribution < -0.4 is 15.2 Å². The van der Waals surface area contributed by atoms with Crippen LogP contribution in [0.2, 0.25) is 18.1 Å². The van der Waals surface area contributed by atoms with Crippen molar-refractivity contribution >= 4 is 8.32 Å². The van der Waals surface area contributed by atoms with Gasteiger partial charge in [-0.15, -0.1) is 0 Å². The van der Waals surface area contributed by atoms with Gasteiger partial charge >= 0.3 is 0 Å². The molecule has 0 aliphatic heterocycles. The third-order valence-corrected chi connectivity index (χ3v) is 9.06. The standard InChI is InChI=1S/C19H35NO3Si/c1-19(2,3)24(4,5)23-14-8-6-7-13-21-17-10-9-11-18(16-17)22-15-12-20/h9-11,16H,6-8,12-15,20H2,1-5H3. The van der Waals surface area contributed by atoms with Gasteiger partial charge < -0.3 is 19.6 Å². The summed E-state index contributed by atoms with van der Waals surface area (Å²) in [5.41, 5.74) is 5.44. The van der Waals surface area contributed by atoms with Crippen molar-refractivity contribution in [3.8, 4) is 11.5 Å². The average Bonchev–Trinajstić information content (AvgIpc) is 2.51. The molecule has 0 spiro atoms. The van der Waals surface area contributed by atoms with Crippen molar-refractivity contribution in [1.29, 1.82) is 0 Å². The van der Waals surface area contributed by atoms with Crippen molar-refractivity contribution in [3.63, 3.8) is 0 Å². The van der Waals surface area contributed by atoms with Crippen molar-refractivity contribution in [2.45, 2.75) is 58.2 Å². The third kappa shape index (κ3) is 7.68. The van der Waals surface area contributed by atoms with Gasteiger partial charge in [-0.3, -0.25) is 0 Å². The lowest BCUT2D eigenvalue weighted by Gasteiger charge is -2.36. The maximum atomic E-state index is 6.18. The normalized spacial score (nSPS) is 12.2. The Hall–Kier alpha value is -1.04. The van der Waals surface area contributed by atoms with Crippen LogP contribution in [0.1, 0.15) is 40.0 Å². The molecule has 0 aliphatic rings. The highest BCUT2D eigenvalue weighted by Gasteiger charge is 2.36. The van der Waals surface area contributed by atoms with Gasteiger partial charge in [0, 0.05) is 19.2 Å². The Morgan fingerprint density at radius 2 is 1.50 bits per heavy atom. The van der Waals surface area contributed by atoms with Crippen molar-refractivity contribution in [3.05, 3.63) is 24.3 Å². The highest BCUT2D eigenvalue weighted by Crippen LogP contribution is 2.36. The lowest BCUT2D eigenvalue weighted by molar-refractivity contribution is 0.263. The van der Waals surface area contributed by atoms with Gasteiger partial charge in [-0.25, -0.2) is 0 Å². The minimum absolute atomic E-state index is 0.285. The first-order valence-corrected chi connectivity index (χ1v) is 11.9. The largest absolute Gasteiger partial charge is 0.493 e. The van der Waals surface area contributed by atoms with Crippen LogP contribution in [0.5, 0.6) is 11.5 Å². The number of unbranched alkanes of at least 4 members (excludes halogenated alkanes) is 2. The number of rotatable bonds is 11. The van der Waals surface area contributed by atoms with Crippen molar-refractivity contribution in [1.82, 2.24) is 0 Å². The van der Waals surface area contributed by atoms with Crippen molar-refractivity contribution in [2.24, 2.45) is 5.73 Å². The molecule has 2 N–H and O–H groups in total. The zero-order valence-corrected chi connectivity index (χ0v) is 17.1. The van der Waals surface area contributed by atoms with E-state index in [-0.39, 0.29) is 5.04 Å². The average molecular weight is 354 g/mol. The Balaban J connectivity index is 2.16. The van der Waals surface area contributed by atoms with Gasteiger partial charge in [-0.2, -0.15) is 0 Å². The molecule has 0 saturated carbocycles. The molecule has 1 aromatic carbocycles. The van der Waals surface area contributed by atoms with Crippen LogP contribution in [-0.2, 0) is 4.43 Å². The second-order valence-electron chi connectivity index (χ2n) is 7.63. The summed E-state index contributed by atoms with van der Waals surface area (Å²) in [4.78, 5) is 0. The number of benzene rings is 1. The molecular weight excluding hydrogens is 318 g/mol. The number of hydrogen-bond donors (Lipinski definition) is 1. The Labute approximate surface area is 148 Å². The second-order valence-corrected chi connectivity index (χ2v) is 12.4. The molecule has 0 fully saturated rings. The van der Waals surface area contributed by atoms with E-state index in [2.05, 4.69) is 33.9 Å². The number of ether oxygens (including phenoxy) is 2. The lowest BCUT2D eigenvalue weighted by Crippen LogP contribution is -2.40. The molecule has 0 unspecified atom stereocenters. The fourth-order valence-electron chi connectivity index (χ4n) is 1.95. The third-order valence-electron chi connectivity index (χ3n) is 4.52. The molecule has 24 heavy (non-hydrogen) atoms. The summed E-state index contributed by atoms with van der Waals surface area (Å²) in [5.74, 6) is 1.66. The topological polar surface area (TPSA) is 53.7 Å². The predicted molar refractivity (Wildman–Crippen MR) is 103 cm³/mol. The number of hydrogen-bond acceptors (Lipinski definition) is 4. The molecule has 0 aromatic heterocycles. The maximum absolute atomic E-state index is 6.18. The SMILES string of the molecule is CC(C)(C)[Si](C)(C)OCCCCCOc1cccc(OCCN)c1. The van der Waals surface area contributed by atoms with Gasteiger partial charge in [-0.05, 0) is 49.5 Å². The highest BCUT2D eigenvalue weighted by atomic mass is 28.4. The minimum Gasteiger partial charge on any atom is -0.493 e. The van der Waals surface area contributed by atoms with Gasteiger partial charge in [0.15, 0.2) is 8.32 Å². The van der Waals surface area contributed by atoms with Crippen LogP contribution in [0, 0.1) is 0 Å². The maximum Gasteiger partial charge on any atom is 0.191 e. The summed E-state index contributed by atoms with van der Waals surface area (Å²) >= 11 is 0. The van der Waals surface area contributed by atoms with E-state index in [1.807, 2.05) is 24.3 Å². The first-order chi connectivity index (χ1) is 11.3. The molecule has 4 nitrogen and oxygen atoms in total. The first kappa shape index (κ1) is 21.0. The molecule has 0 aliphatic carbocycles. The summed E-state index contributed by atoms with van der Waals surface area (Å²) in [6, 6.07) is 7.72. The molecular formula is C19H35NO3Si. The molecule has 0 radical (unpaired) electrons. The zero-order chi connectivity index (χ0) is 18.1. The van der Waals surface area contributed by atoms with Crippen molar-refractivity contribution < 1.29 is 13.9 Å². The quantitative estimate of drug-likeness (QED) is 0.467. The summed E-state index contributed by atoms with van der Waals surface area (Å²) in [5, 5.41) is 0.285. The Kier molecular flexibility index (Phi) is 8.80. The molecule has 138 valence electrons. The second kappa shape index (κ2) is 10.1. The van der Waals surface area contributed by atoms with Gasteiger partial charge in [0.25, 0.3) is 0 Å². The monoisotopic (exact) mass is 353 g/mol. The van der Waals surface area contributed by atoms with E-state index < -0.39 is 8.32 Å². The van der Waals surface area contributed by atoms with Crippen LogP contribution in [0.15, 0.2) is 24.3 Å².